The van der Waals surface area contributed by atoms with Crippen LogP contribution in [0, 0.1) is 11.7 Å². The fourth-order valence-electron chi connectivity index (χ4n) is 4.17. The van der Waals surface area contributed by atoms with Crippen molar-refractivity contribution in [3.05, 3.63) is 108 Å². The van der Waals surface area contributed by atoms with Crippen molar-refractivity contribution in [2.75, 3.05) is 23.8 Å². The lowest BCUT2D eigenvalue weighted by Gasteiger charge is -2.24. The van der Waals surface area contributed by atoms with Crippen LogP contribution in [0.4, 0.5) is 21.8 Å². The highest BCUT2D eigenvalue weighted by Crippen LogP contribution is 2.34. The lowest BCUT2D eigenvalue weighted by atomic mass is 9.81. The van der Waals surface area contributed by atoms with E-state index in [2.05, 4.69) is 25.6 Å². The summed E-state index contributed by atoms with van der Waals surface area (Å²) in [5.74, 6) is -1.66. The van der Waals surface area contributed by atoms with Gasteiger partial charge in [-0.05, 0) is 66.9 Å². The number of pyridine rings is 1. The van der Waals surface area contributed by atoms with Gasteiger partial charge < -0.3 is 20.5 Å². The molecule has 38 heavy (non-hydrogen) atoms. The third-order valence-electron chi connectivity index (χ3n) is 6.07. The Morgan fingerprint density at radius 2 is 1.79 bits per heavy atom. The maximum atomic E-state index is 13.7. The number of hydrogen-bond acceptors (Lipinski definition) is 7. The first-order valence-corrected chi connectivity index (χ1v) is 12.4. The van der Waals surface area contributed by atoms with Crippen LogP contribution in [0.1, 0.15) is 36.1 Å². The number of rotatable bonds is 13. The molecule has 4 rings (SSSR count). The number of anilines is 3. The summed E-state index contributed by atoms with van der Waals surface area (Å²) in [6.45, 7) is 3.27. The first-order chi connectivity index (χ1) is 18.5. The summed E-state index contributed by atoms with van der Waals surface area (Å²) >= 11 is 0. The molecule has 2 heterocycles. The third-order valence-corrected chi connectivity index (χ3v) is 6.07. The fraction of sp³-hybridized carbons (Fsp3) is 0.241. The summed E-state index contributed by atoms with van der Waals surface area (Å²) in [6, 6.07) is 21.1. The molecule has 0 fully saturated rings. The van der Waals surface area contributed by atoms with Gasteiger partial charge in [-0.1, -0.05) is 30.3 Å². The number of ether oxygens (including phenoxy) is 1. The van der Waals surface area contributed by atoms with Gasteiger partial charge in [-0.25, -0.2) is 19.3 Å². The number of carboxylic acid groups (broad SMARTS) is 1. The van der Waals surface area contributed by atoms with E-state index >= 15 is 0 Å². The molecular formula is C29H30FN5O3. The Morgan fingerprint density at radius 3 is 2.47 bits per heavy atom. The molecule has 4 aromatic rings. The molecule has 2 atom stereocenters. The van der Waals surface area contributed by atoms with E-state index in [-0.39, 0.29) is 6.42 Å². The Kier molecular flexibility index (Phi) is 9.31. The second kappa shape index (κ2) is 13.3. The Balaban J connectivity index is 1.53. The van der Waals surface area contributed by atoms with Gasteiger partial charge in [-0.3, -0.25) is 4.79 Å². The van der Waals surface area contributed by atoms with E-state index in [0.717, 1.165) is 17.1 Å². The highest BCUT2D eigenvalue weighted by molar-refractivity contribution is 5.72. The number of aliphatic carboxylic acids is 1. The van der Waals surface area contributed by atoms with Crippen LogP contribution in [0.2, 0.25) is 0 Å². The molecule has 0 aliphatic carbocycles. The zero-order chi connectivity index (χ0) is 26.7. The minimum Gasteiger partial charge on any atom is -0.481 e. The summed E-state index contributed by atoms with van der Waals surface area (Å²) in [5.41, 5.74) is 3.04. The number of carbonyl (C=O) groups is 1. The topological polar surface area (TPSA) is 109 Å². The van der Waals surface area contributed by atoms with Crippen LogP contribution < -0.4 is 10.6 Å². The maximum absolute atomic E-state index is 13.7. The van der Waals surface area contributed by atoms with Gasteiger partial charge in [0.2, 0.25) is 5.95 Å². The van der Waals surface area contributed by atoms with Crippen LogP contribution in [-0.2, 0) is 16.1 Å². The molecule has 0 amide bonds. The van der Waals surface area contributed by atoms with Crippen LogP contribution in [0.3, 0.4) is 0 Å². The molecule has 0 saturated heterocycles. The molecule has 0 aliphatic rings. The first-order valence-electron chi connectivity index (χ1n) is 12.4. The fourth-order valence-corrected chi connectivity index (χ4v) is 4.17. The summed E-state index contributed by atoms with van der Waals surface area (Å²) in [5, 5.41) is 16.5. The standard InChI is InChI=1S/C29H30FN5O3/c1-2-38-18-15-24(28(36)37)27(21-8-10-22(30)11-9-21)25-14-17-32-29(35-25)34-23-12-6-20(7-13-23)19-33-26-5-3-4-16-31-26/h3-14,16-17,24,27H,2,15,18-19H2,1H3,(H,31,33)(H,36,37)(H,32,34,35). The molecule has 2 aromatic carbocycles. The molecule has 0 saturated carbocycles. The number of hydrogen-bond donors (Lipinski definition) is 3. The first kappa shape index (κ1) is 26.7. The zero-order valence-electron chi connectivity index (χ0n) is 21.0. The molecule has 0 spiro atoms. The lowest BCUT2D eigenvalue weighted by Crippen LogP contribution is -2.25. The Labute approximate surface area is 221 Å². The van der Waals surface area contributed by atoms with Crippen LogP contribution in [-0.4, -0.2) is 39.2 Å². The number of carboxylic acids is 1. The predicted molar refractivity (Wildman–Crippen MR) is 144 cm³/mol. The number of aromatic nitrogens is 3. The molecule has 2 aromatic heterocycles. The van der Waals surface area contributed by atoms with Crippen molar-refractivity contribution in [2.24, 2.45) is 5.92 Å². The van der Waals surface area contributed by atoms with Crippen molar-refractivity contribution in [2.45, 2.75) is 25.8 Å². The molecule has 196 valence electrons. The van der Waals surface area contributed by atoms with Crippen LogP contribution in [0.5, 0.6) is 0 Å². The molecule has 0 bridgehead atoms. The van der Waals surface area contributed by atoms with Gasteiger partial charge in [-0.15, -0.1) is 0 Å². The van der Waals surface area contributed by atoms with Crippen molar-refractivity contribution in [3.63, 3.8) is 0 Å². The molecule has 9 heteroatoms. The quantitative estimate of drug-likeness (QED) is 0.197. The van der Waals surface area contributed by atoms with E-state index < -0.39 is 23.6 Å². The second-order valence-corrected chi connectivity index (χ2v) is 8.66. The monoisotopic (exact) mass is 515 g/mol. The average molecular weight is 516 g/mol. The van der Waals surface area contributed by atoms with E-state index in [1.165, 1.54) is 12.1 Å². The minimum absolute atomic E-state index is 0.284. The van der Waals surface area contributed by atoms with Gasteiger partial charge in [0.1, 0.15) is 11.6 Å². The van der Waals surface area contributed by atoms with Crippen LogP contribution in [0.25, 0.3) is 0 Å². The SMILES string of the molecule is CCOCCC(C(=O)O)C(c1ccc(F)cc1)c1ccnc(Nc2ccc(CNc3ccccn3)cc2)n1. The number of halogens is 1. The Hall–Kier alpha value is -4.37. The van der Waals surface area contributed by atoms with Crippen molar-refractivity contribution >= 4 is 23.4 Å². The third kappa shape index (κ3) is 7.33. The van der Waals surface area contributed by atoms with Gasteiger partial charge in [0.15, 0.2) is 0 Å². The van der Waals surface area contributed by atoms with Crippen molar-refractivity contribution < 1.29 is 19.0 Å². The summed E-state index contributed by atoms with van der Waals surface area (Å²) < 4.78 is 19.1. The van der Waals surface area contributed by atoms with Gasteiger partial charge in [0.05, 0.1) is 11.6 Å². The lowest BCUT2D eigenvalue weighted by molar-refractivity contribution is -0.143. The molecular weight excluding hydrogens is 485 g/mol. The number of benzene rings is 2. The van der Waals surface area contributed by atoms with Gasteiger partial charge >= 0.3 is 5.97 Å². The smallest absolute Gasteiger partial charge is 0.307 e. The van der Waals surface area contributed by atoms with Crippen LogP contribution in [0.15, 0.2) is 85.2 Å². The highest BCUT2D eigenvalue weighted by atomic mass is 19.1. The number of nitrogens with zero attached hydrogens (tertiary/aromatic N) is 3. The van der Waals surface area contributed by atoms with Crippen molar-refractivity contribution in [3.8, 4) is 0 Å². The largest absolute Gasteiger partial charge is 0.481 e. The molecule has 2 unspecified atom stereocenters. The normalized spacial score (nSPS) is 12.5. The summed E-state index contributed by atoms with van der Waals surface area (Å²) in [6.07, 6.45) is 3.61. The summed E-state index contributed by atoms with van der Waals surface area (Å²) in [4.78, 5) is 25.5. The van der Waals surface area contributed by atoms with E-state index in [9.17, 15) is 14.3 Å². The molecule has 3 N–H and O–H groups in total. The van der Waals surface area contributed by atoms with Gasteiger partial charge in [-0.2, -0.15) is 0 Å². The summed E-state index contributed by atoms with van der Waals surface area (Å²) in [7, 11) is 0. The van der Waals surface area contributed by atoms with Gasteiger partial charge in [0, 0.05) is 43.8 Å². The zero-order valence-corrected chi connectivity index (χ0v) is 21.0. The number of nitrogens with one attached hydrogen (secondary N) is 2. The molecule has 0 radical (unpaired) electrons. The van der Waals surface area contributed by atoms with Crippen molar-refractivity contribution in [1.82, 2.24) is 15.0 Å². The van der Waals surface area contributed by atoms with Crippen molar-refractivity contribution in [1.29, 1.82) is 0 Å². The van der Waals surface area contributed by atoms with E-state index in [0.29, 0.717) is 37.0 Å². The predicted octanol–water partition coefficient (Wildman–Crippen LogP) is 5.63. The Bertz CT molecular complexity index is 1300. The average Bonchev–Trinajstić information content (AvgIpc) is 2.94. The van der Waals surface area contributed by atoms with E-state index in [1.807, 2.05) is 49.4 Å². The van der Waals surface area contributed by atoms with E-state index in [4.69, 9.17) is 4.74 Å². The van der Waals surface area contributed by atoms with Gasteiger partial charge in [0.25, 0.3) is 0 Å². The van der Waals surface area contributed by atoms with E-state index in [1.54, 1.807) is 30.6 Å². The second-order valence-electron chi connectivity index (χ2n) is 8.66. The van der Waals surface area contributed by atoms with Crippen LogP contribution >= 0.6 is 0 Å². The highest BCUT2D eigenvalue weighted by Gasteiger charge is 2.32. The maximum Gasteiger partial charge on any atom is 0.307 e. The molecule has 0 aliphatic heterocycles. The molecule has 8 nitrogen and oxygen atoms in total. The minimum atomic E-state index is -0.970. The Morgan fingerprint density at radius 1 is 1.00 bits per heavy atom.